The van der Waals surface area contributed by atoms with E-state index >= 15 is 0 Å². The maximum atomic E-state index is 11.3. The molecular weight excluding hydrogens is 276 g/mol. The average molecular weight is 296 g/mol. The van der Waals surface area contributed by atoms with Gasteiger partial charge in [0.05, 0.1) is 17.4 Å². The van der Waals surface area contributed by atoms with Gasteiger partial charge in [0.1, 0.15) is 5.69 Å². The van der Waals surface area contributed by atoms with Crippen LogP contribution in [0.25, 0.3) is 0 Å². The van der Waals surface area contributed by atoms with Crippen molar-refractivity contribution in [2.75, 3.05) is 11.9 Å². The summed E-state index contributed by atoms with van der Waals surface area (Å²) in [4.78, 5) is 21.7. The lowest BCUT2D eigenvalue weighted by Crippen LogP contribution is -2.30. The van der Waals surface area contributed by atoms with E-state index in [1.807, 2.05) is 6.92 Å². The molecule has 0 aliphatic rings. The minimum absolute atomic E-state index is 0.171. The Labute approximate surface area is 123 Å². The Morgan fingerprint density at radius 2 is 2.14 bits per heavy atom. The van der Waals surface area contributed by atoms with Crippen molar-refractivity contribution in [1.82, 2.24) is 0 Å². The number of carbonyl (C=O) groups is 1. The van der Waals surface area contributed by atoms with E-state index in [0.717, 1.165) is 6.42 Å². The Balaban J connectivity index is 3.06. The number of para-hydroxylation sites is 1. The molecule has 0 bridgehead atoms. The number of benzene rings is 1. The summed E-state index contributed by atoms with van der Waals surface area (Å²) in [5, 5.41) is 23.1. The molecule has 0 aliphatic heterocycles. The lowest BCUT2D eigenvalue weighted by atomic mass is 10.0. The van der Waals surface area contributed by atoms with Crippen LogP contribution in [0.5, 0.6) is 5.75 Å². The lowest BCUT2D eigenvalue weighted by molar-refractivity contribution is -0.385. The Bertz CT molecular complexity index is 518. The SMILES string of the molecule is CCCOc1cccc(NC(C)C(C)C(=O)O)c1[N+](=O)[O-]. The van der Waals surface area contributed by atoms with Crippen LogP contribution in [-0.2, 0) is 4.79 Å². The molecule has 1 aromatic carbocycles. The summed E-state index contributed by atoms with van der Waals surface area (Å²) in [6.45, 7) is 5.50. The van der Waals surface area contributed by atoms with Crippen molar-refractivity contribution in [3.05, 3.63) is 28.3 Å². The number of hydrogen-bond acceptors (Lipinski definition) is 5. The zero-order chi connectivity index (χ0) is 16.0. The quantitative estimate of drug-likeness (QED) is 0.565. The van der Waals surface area contributed by atoms with Gasteiger partial charge in [0.15, 0.2) is 5.75 Å². The number of aliphatic carboxylic acids is 1. The molecule has 2 N–H and O–H groups in total. The molecule has 1 aromatic rings. The highest BCUT2D eigenvalue weighted by atomic mass is 16.6. The zero-order valence-electron chi connectivity index (χ0n) is 12.3. The van der Waals surface area contributed by atoms with E-state index in [0.29, 0.717) is 6.61 Å². The second-order valence-electron chi connectivity index (χ2n) is 4.82. The predicted octanol–water partition coefficient (Wildman–Crippen LogP) is 2.90. The number of nitrogens with one attached hydrogen (secondary N) is 1. The Morgan fingerprint density at radius 1 is 1.48 bits per heavy atom. The lowest BCUT2D eigenvalue weighted by Gasteiger charge is -2.19. The van der Waals surface area contributed by atoms with Gasteiger partial charge in [-0.05, 0) is 32.4 Å². The first-order valence-corrected chi connectivity index (χ1v) is 6.78. The number of nitro benzene ring substituents is 1. The van der Waals surface area contributed by atoms with Crippen LogP contribution in [0.2, 0.25) is 0 Å². The monoisotopic (exact) mass is 296 g/mol. The van der Waals surface area contributed by atoms with E-state index in [1.54, 1.807) is 26.0 Å². The number of nitrogens with zero attached hydrogens (tertiary/aromatic N) is 1. The largest absolute Gasteiger partial charge is 0.487 e. The summed E-state index contributed by atoms with van der Waals surface area (Å²) in [6.07, 6.45) is 0.737. The van der Waals surface area contributed by atoms with Crippen LogP contribution >= 0.6 is 0 Å². The van der Waals surface area contributed by atoms with Crippen LogP contribution in [0.4, 0.5) is 11.4 Å². The standard InChI is InChI=1S/C14H20N2O5/c1-4-8-21-12-7-5-6-11(13(12)16(19)20)15-10(3)9(2)14(17)18/h5-7,9-10,15H,4,8H2,1-3H3,(H,17,18). The number of rotatable bonds is 8. The molecule has 1 rings (SSSR count). The van der Waals surface area contributed by atoms with Crippen molar-refractivity contribution in [2.45, 2.75) is 33.2 Å². The van der Waals surface area contributed by atoms with Crippen LogP contribution in [0.1, 0.15) is 27.2 Å². The van der Waals surface area contributed by atoms with E-state index in [2.05, 4.69) is 5.32 Å². The molecule has 7 nitrogen and oxygen atoms in total. The molecule has 7 heteroatoms. The van der Waals surface area contributed by atoms with Crippen LogP contribution in [-0.4, -0.2) is 28.6 Å². The van der Waals surface area contributed by atoms with Crippen molar-refractivity contribution < 1.29 is 19.6 Å². The van der Waals surface area contributed by atoms with Gasteiger partial charge < -0.3 is 15.2 Å². The van der Waals surface area contributed by atoms with Gasteiger partial charge >= 0.3 is 11.7 Å². The number of carboxylic acids is 1. The number of nitro groups is 1. The fourth-order valence-corrected chi connectivity index (χ4v) is 1.74. The molecule has 0 fully saturated rings. The molecule has 2 unspecified atom stereocenters. The molecule has 0 amide bonds. The Hall–Kier alpha value is -2.31. The molecule has 0 saturated heterocycles. The molecule has 116 valence electrons. The first-order valence-electron chi connectivity index (χ1n) is 6.78. The third-order valence-corrected chi connectivity index (χ3v) is 3.17. The molecule has 0 radical (unpaired) electrons. The summed E-state index contributed by atoms with van der Waals surface area (Å²) in [6, 6.07) is 4.26. The van der Waals surface area contributed by atoms with Gasteiger partial charge in [-0.2, -0.15) is 0 Å². The molecule has 0 heterocycles. The van der Waals surface area contributed by atoms with Crippen molar-refractivity contribution in [1.29, 1.82) is 0 Å². The van der Waals surface area contributed by atoms with Crippen LogP contribution < -0.4 is 10.1 Å². The topological polar surface area (TPSA) is 102 Å². The molecular formula is C14H20N2O5. The maximum Gasteiger partial charge on any atom is 0.333 e. The molecule has 0 saturated carbocycles. The third-order valence-electron chi connectivity index (χ3n) is 3.17. The van der Waals surface area contributed by atoms with E-state index in [9.17, 15) is 14.9 Å². The van der Waals surface area contributed by atoms with E-state index < -0.39 is 22.9 Å². The predicted molar refractivity (Wildman–Crippen MR) is 78.8 cm³/mol. The normalized spacial score (nSPS) is 13.3. The van der Waals surface area contributed by atoms with E-state index in [-0.39, 0.29) is 17.1 Å². The van der Waals surface area contributed by atoms with Crippen LogP contribution in [0, 0.1) is 16.0 Å². The molecule has 21 heavy (non-hydrogen) atoms. The second-order valence-corrected chi connectivity index (χ2v) is 4.82. The highest BCUT2D eigenvalue weighted by Gasteiger charge is 2.25. The van der Waals surface area contributed by atoms with Gasteiger partial charge in [0.25, 0.3) is 0 Å². The minimum atomic E-state index is -0.962. The average Bonchev–Trinajstić information content (AvgIpc) is 2.43. The van der Waals surface area contributed by atoms with Crippen molar-refractivity contribution >= 4 is 17.3 Å². The Morgan fingerprint density at radius 3 is 2.67 bits per heavy atom. The summed E-state index contributed by atoms with van der Waals surface area (Å²) in [7, 11) is 0. The fraction of sp³-hybridized carbons (Fsp3) is 0.500. The summed E-state index contributed by atoms with van der Waals surface area (Å²) in [5.74, 6) is -1.46. The highest BCUT2D eigenvalue weighted by molar-refractivity contribution is 5.73. The third kappa shape index (κ3) is 4.34. The number of carboxylic acid groups (broad SMARTS) is 1. The molecule has 2 atom stereocenters. The van der Waals surface area contributed by atoms with Gasteiger partial charge in [-0.1, -0.05) is 13.0 Å². The summed E-state index contributed by atoms with van der Waals surface area (Å²) in [5.41, 5.74) is 0.0876. The van der Waals surface area contributed by atoms with Gasteiger partial charge in [0, 0.05) is 6.04 Å². The van der Waals surface area contributed by atoms with E-state index in [4.69, 9.17) is 9.84 Å². The van der Waals surface area contributed by atoms with Gasteiger partial charge in [0.2, 0.25) is 0 Å². The fourth-order valence-electron chi connectivity index (χ4n) is 1.74. The number of anilines is 1. The first-order chi connectivity index (χ1) is 9.88. The minimum Gasteiger partial charge on any atom is -0.487 e. The summed E-state index contributed by atoms with van der Waals surface area (Å²) < 4.78 is 5.38. The maximum absolute atomic E-state index is 11.3. The molecule has 0 aliphatic carbocycles. The van der Waals surface area contributed by atoms with E-state index in [1.165, 1.54) is 6.07 Å². The number of hydrogen-bond donors (Lipinski definition) is 2. The van der Waals surface area contributed by atoms with Crippen LogP contribution in [0.3, 0.4) is 0 Å². The smallest absolute Gasteiger partial charge is 0.333 e. The summed E-state index contributed by atoms with van der Waals surface area (Å²) >= 11 is 0. The molecule has 0 aromatic heterocycles. The van der Waals surface area contributed by atoms with Crippen molar-refractivity contribution in [3.63, 3.8) is 0 Å². The Kier molecular flexibility index (Phi) is 5.95. The number of ether oxygens (including phenoxy) is 1. The van der Waals surface area contributed by atoms with Crippen molar-refractivity contribution in [2.24, 2.45) is 5.92 Å². The second kappa shape index (κ2) is 7.47. The highest BCUT2D eigenvalue weighted by Crippen LogP contribution is 2.35. The zero-order valence-corrected chi connectivity index (χ0v) is 12.3. The first kappa shape index (κ1) is 16.7. The van der Waals surface area contributed by atoms with Gasteiger partial charge in [-0.3, -0.25) is 14.9 Å². The van der Waals surface area contributed by atoms with Crippen LogP contribution in [0.15, 0.2) is 18.2 Å². The van der Waals surface area contributed by atoms with Gasteiger partial charge in [-0.25, -0.2) is 0 Å². The van der Waals surface area contributed by atoms with Crippen molar-refractivity contribution in [3.8, 4) is 5.75 Å². The molecule has 0 spiro atoms. The van der Waals surface area contributed by atoms with Gasteiger partial charge in [-0.15, -0.1) is 0 Å².